The summed E-state index contributed by atoms with van der Waals surface area (Å²) in [6, 6.07) is 0. The molecule has 1 aliphatic rings. The molecule has 0 saturated heterocycles. The lowest BCUT2D eigenvalue weighted by atomic mass is 9.98. The fraction of sp³-hybridized carbons (Fsp3) is 0.900. The van der Waals surface area contributed by atoms with Gasteiger partial charge in [-0.3, -0.25) is 4.79 Å². The van der Waals surface area contributed by atoms with Gasteiger partial charge in [0.15, 0.2) is 0 Å². The molecule has 0 bridgehead atoms. The van der Waals surface area contributed by atoms with Crippen LogP contribution in [0.3, 0.4) is 0 Å². The zero-order chi connectivity index (χ0) is 11.5. The van der Waals surface area contributed by atoms with Crippen LogP contribution < -0.4 is 11.1 Å². The van der Waals surface area contributed by atoms with Crippen molar-refractivity contribution in [2.45, 2.75) is 43.7 Å². The fourth-order valence-electron chi connectivity index (χ4n) is 1.44. The maximum atomic E-state index is 11.6. The summed E-state index contributed by atoms with van der Waals surface area (Å²) in [5.74, 6) is -0.194. The summed E-state index contributed by atoms with van der Waals surface area (Å²) in [5.41, 5.74) is 4.57. The lowest BCUT2D eigenvalue weighted by Gasteiger charge is -2.30. The van der Waals surface area contributed by atoms with Gasteiger partial charge in [-0.25, -0.2) is 0 Å². The highest BCUT2D eigenvalue weighted by molar-refractivity contribution is 5.78. The lowest BCUT2D eigenvalue weighted by Crippen LogP contribution is -2.54. The first-order chi connectivity index (χ1) is 6.99. The standard InChI is InChI=1S/C10H20N2O3/c1-2-10(6-13,7-14)12-8(15)5-9(11)3-4-9/h13-14H,2-7,11H2,1H3,(H,12,15). The van der Waals surface area contributed by atoms with Crippen LogP contribution in [0.2, 0.25) is 0 Å². The van der Waals surface area contributed by atoms with Gasteiger partial charge < -0.3 is 21.3 Å². The second-order valence-electron chi connectivity index (χ2n) is 4.54. The molecule has 1 saturated carbocycles. The van der Waals surface area contributed by atoms with Crippen LogP contribution in [0, 0.1) is 0 Å². The number of hydrogen-bond donors (Lipinski definition) is 4. The van der Waals surface area contributed by atoms with Crippen molar-refractivity contribution in [1.29, 1.82) is 0 Å². The van der Waals surface area contributed by atoms with Crippen molar-refractivity contribution in [3.8, 4) is 0 Å². The zero-order valence-corrected chi connectivity index (χ0v) is 9.12. The molecule has 0 heterocycles. The third kappa shape index (κ3) is 3.15. The van der Waals surface area contributed by atoms with Crippen molar-refractivity contribution in [2.75, 3.05) is 13.2 Å². The third-order valence-corrected chi connectivity index (χ3v) is 3.09. The van der Waals surface area contributed by atoms with Gasteiger partial charge in [0.05, 0.1) is 18.8 Å². The van der Waals surface area contributed by atoms with Gasteiger partial charge in [0, 0.05) is 12.0 Å². The Balaban J connectivity index is 2.46. The molecule has 0 aromatic rings. The van der Waals surface area contributed by atoms with E-state index in [1.165, 1.54) is 0 Å². The number of hydrogen-bond acceptors (Lipinski definition) is 4. The Morgan fingerprint density at radius 2 is 2.00 bits per heavy atom. The van der Waals surface area contributed by atoms with Crippen molar-refractivity contribution in [3.63, 3.8) is 0 Å². The molecule has 5 N–H and O–H groups in total. The molecule has 88 valence electrons. The highest BCUT2D eigenvalue weighted by Crippen LogP contribution is 2.35. The number of rotatable bonds is 6. The molecule has 0 atom stereocenters. The quantitative estimate of drug-likeness (QED) is 0.463. The van der Waals surface area contributed by atoms with E-state index in [9.17, 15) is 4.79 Å². The maximum absolute atomic E-state index is 11.6. The smallest absolute Gasteiger partial charge is 0.222 e. The zero-order valence-electron chi connectivity index (χ0n) is 9.12. The number of aliphatic hydroxyl groups is 2. The Hall–Kier alpha value is -0.650. The topological polar surface area (TPSA) is 95.6 Å². The molecule has 0 unspecified atom stereocenters. The van der Waals surface area contributed by atoms with E-state index in [1.807, 2.05) is 6.92 Å². The van der Waals surface area contributed by atoms with E-state index in [0.717, 1.165) is 12.8 Å². The molecule has 0 aliphatic heterocycles. The van der Waals surface area contributed by atoms with Gasteiger partial charge in [-0.15, -0.1) is 0 Å². The molecule has 5 nitrogen and oxygen atoms in total. The van der Waals surface area contributed by atoms with E-state index in [-0.39, 0.29) is 31.1 Å². The average Bonchev–Trinajstić information content (AvgIpc) is 2.92. The van der Waals surface area contributed by atoms with Crippen LogP contribution in [0.25, 0.3) is 0 Å². The summed E-state index contributed by atoms with van der Waals surface area (Å²) in [5, 5.41) is 20.9. The molecule has 0 spiro atoms. The van der Waals surface area contributed by atoms with Crippen LogP contribution >= 0.6 is 0 Å². The fourth-order valence-corrected chi connectivity index (χ4v) is 1.44. The molecule has 5 heteroatoms. The Kier molecular flexibility index (Phi) is 3.70. The van der Waals surface area contributed by atoms with Crippen LogP contribution in [0.5, 0.6) is 0 Å². The predicted molar refractivity (Wildman–Crippen MR) is 56.1 cm³/mol. The molecule has 0 aromatic heterocycles. The van der Waals surface area contributed by atoms with Crippen LogP contribution in [0.1, 0.15) is 32.6 Å². The minimum Gasteiger partial charge on any atom is -0.394 e. The number of carbonyl (C=O) groups is 1. The van der Waals surface area contributed by atoms with Gasteiger partial charge in [-0.2, -0.15) is 0 Å². The van der Waals surface area contributed by atoms with Crippen LogP contribution in [-0.2, 0) is 4.79 Å². The van der Waals surface area contributed by atoms with Crippen LogP contribution in [-0.4, -0.2) is 40.4 Å². The number of carbonyl (C=O) groups excluding carboxylic acids is 1. The van der Waals surface area contributed by atoms with E-state index in [0.29, 0.717) is 6.42 Å². The van der Waals surface area contributed by atoms with Crippen molar-refractivity contribution in [2.24, 2.45) is 5.73 Å². The molecule has 1 amide bonds. The highest BCUT2D eigenvalue weighted by Gasteiger charge is 2.41. The molecule has 1 fully saturated rings. The number of amides is 1. The third-order valence-electron chi connectivity index (χ3n) is 3.09. The SMILES string of the molecule is CCC(CO)(CO)NC(=O)CC1(N)CC1. The Morgan fingerprint density at radius 3 is 2.33 bits per heavy atom. The first-order valence-corrected chi connectivity index (χ1v) is 5.31. The summed E-state index contributed by atoms with van der Waals surface area (Å²) in [6.45, 7) is 1.29. The molecule has 15 heavy (non-hydrogen) atoms. The van der Waals surface area contributed by atoms with E-state index in [1.54, 1.807) is 0 Å². The second-order valence-corrected chi connectivity index (χ2v) is 4.54. The largest absolute Gasteiger partial charge is 0.394 e. The average molecular weight is 216 g/mol. The van der Waals surface area contributed by atoms with Crippen molar-refractivity contribution < 1.29 is 15.0 Å². The normalized spacial score (nSPS) is 18.7. The second kappa shape index (κ2) is 4.47. The molecular formula is C10H20N2O3. The number of nitrogens with one attached hydrogen (secondary N) is 1. The maximum Gasteiger partial charge on any atom is 0.222 e. The molecule has 1 aliphatic carbocycles. The number of aliphatic hydroxyl groups excluding tert-OH is 2. The summed E-state index contributed by atoms with van der Waals surface area (Å²) < 4.78 is 0. The minimum atomic E-state index is -0.900. The van der Waals surface area contributed by atoms with Gasteiger partial charge in [0.25, 0.3) is 0 Å². The van der Waals surface area contributed by atoms with Crippen molar-refractivity contribution in [3.05, 3.63) is 0 Å². The van der Waals surface area contributed by atoms with Crippen molar-refractivity contribution >= 4 is 5.91 Å². The first kappa shape index (κ1) is 12.4. The van der Waals surface area contributed by atoms with Gasteiger partial charge in [0.1, 0.15) is 0 Å². The molecule has 1 rings (SSSR count). The van der Waals surface area contributed by atoms with Gasteiger partial charge in [0.2, 0.25) is 5.91 Å². The monoisotopic (exact) mass is 216 g/mol. The highest BCUT2D eigenvalue weighted by atomic mass is 16.3. The van der Waals surface area contributed by atoms with Gasteiger partial charge >= 0.3 is 0 Å². The van der Waals surface area contributed by atoms with Crippen LogP contribution in [0.15, 0.2) is 0 Å². The Morgan fingerprint density at radius 1 is 1.47 bits per heavy atom. The molecule has 0 radical (unpaired) electrons. The Labute approximate surface area is 89.7 Å². The van der Waals surface area contributed by atoms with Crippen molar-refractivity contribution in [1.82, 2.24) is 5.32 Å². The summed E-state index contributed by atoms with van der Waals surface area (Å²) in [7, 11) is 0. The number of nitrogens with two attached hydrogens (primary N) is 1. The van der Waals surface area contributed by atoms with E-state index >= 15 is 0 Å². The molecular weight excluding hydrogens is 196 g/mol. The Bertz CT molecular complexity index is 227. The summed E-state index contributed by atoms with van der Waals surface area (Å²) >= 11 is 0. The van der Waals surface area contributed by atoms with E-state index in [2.05, 4.69) is 5.32 Å². The first-order valence-electron chi connectivity index (χ1n) is 5.31. The van der Waals surface area contributed by atoms with Gasteiger partial charge in [-0.1, -0.05) is 6.92 Å². The molecule has 0 aromatic carbocycles. The van der Waals surface area contributed by atoms with Crippen LogP contribution in [0.4, 0.5) is 0 Å². The predicted octanol–water partition coefficient (Wildman–Crippen LogP) is -0.883. The van der Waals surface area contributed by atoms with E-state index in [4.69, 9.17) is 15.9 Å². The van der Waals surface area contributed by atoms with E-state index < -0.39 is 5.54 Å². The summed E-state index contributed by atoms with van der Waals surface area (Å²) in [6.07, 6.45) is 2.51. The van der Waals surface area contributed by atoms with Gasteiger partial charge in [-0.05, 0) is 19.3 Å². The minimum absolute atomic E-state index is 0.194. The summed E-state index contributed by atoms with van der Waals surface area (Å²) in [4.78, 5) is 11.6. The lowest BCUT2D eigenvalue weighted by molar-refractivity contribution is -0.125.